The van der Waals surface area contributed by atoms with Crippen LogP contribution in [0.3, 0.4) is 0 Å². The Kier molecular flexibility index (Phi) is 2.20. The molecule has 4 nitrogen and oxygen atoms in total. The highest BCUT2D eigenvalue weighted by Gasteiger charge is 2.20. The SMILES string of the molecule is Nc1cccc2oc(NCCC3CC3)nc12. The first-order valence-electron chi connectivity index (χ1n) is 5.72. The summed E-state index contributed by atoms with van der Waals surface area (Å²) >= 11 is 0. The monoisotopic (exact) mass is 217 g/mol. The minimum Gasteiger partial charge on any atom is -0.423 e. The topological polar surface area (TPSA) is 64.1 Å². The van der Waals surface area contributed by atoms with E-state index in [1.54, 1.807) is 0 Å². The van der Waals surface area contributed by atoms with Crippen LogP contribution in [0, 0.1) is 5.92 Å². The van der Waals surface area contributed by atoms with Crippen molar-refractivity contribution in [3.8, 4) is 0 Å². The molecule has 1 fully saturated rings. The fourth-order valence-electron chi connectivity index (χ4n) is 1.84. The summed E-state index contributed by atoms with van der Waals surface area (Å²) in [4.78, 5) is 4.33. The van der Waals surface area contributed by atoms with Gasteiger partial charge in [-0.1, -0.05) is 18.9 Å². The van der Waals surface area contributed by atoms with Crippen molar-refractivity contribution in [1.82, 2.24) is 4.98 Å². The normalized spacial score (nSPS) is 15.5. The third-order valence-corrected chi connectivity index (χ3v) is 2.98. The zero-order valence-electron chi connectivity index (χ0n) is 9.07. The number of nitrogen functional groups attached to an aromatic ring is 1. The molecule has 1 heterocycles. The molecule has 0 bridgehead atoms. The van der Waals surface area contributed by atoms with Crippen molar-refractivity contribution >= 4 is 22.8 Å². The summed E-state index contributed by atoms with van der Waals surface area (Å²) in [5.74, 6) is 0.918. The van der Waals surface area contributed by atoms with Crippen LogP contribution in [0.2, 0.25) is 0 Å². The molecule has 1 aromatic heterocycles. The van der Waals surface area contributed by atoms with Gasteiger partial charge in [0, 0.05) is 6.54 Å². The standard InChI is InChI=1S/C12H15N3O/c13-9-2-1-3-10-11(9)15-12(16-10)14-7-6-8-4-5-8/h1-3,8H,4-7,13H2,(H,14,15). The average Bonchev–Trinajstić information content (AvgIpc) is 2.98. The number of nitrogens with zero attached hydrogens (tertiary/aromatic N) is 1. The number of rotatable bonds is 4. The van der Waals surface area contributed by atoms with Gasteiger partial charge in [-0.25, -0.2) is 0 Å². The molecule has 2 aromatic rings. The number of oxazole rings is 1. The van der Waals surface area contributed by atoms with Gasteiger partial charge in [-0.3, -0.25) is 0 Å². The molecule has 4 heteroatoms. The second-order valence-electron chi connectivity index (χ2n) is 4.37. The Hall–Kier alpha value is -1.71. The molecule has 84 valence electrons. The molecule has 3 N–H and O–H groups in total. The van der Waals surface area contributed by atoms with E-state index in [4.69, 9.17) is 10.2 Å². The Morgan fingerprint density at radius 2 is 2.31 bits per heavy atom. The predicted molar refractivity (Wildman–Crippen MR) is 64.3 cm³/mol. The highest BCUT2D eigenvalue weighted by molar-refractivity contribution is 5.86. The number of hydrogen-bond acceptors (Lipinski definition) is 4. The number of fused-ring (bicyclic) bond motifs is 1. The first kappa shape index (κ1) is 9.51. The lowest BCUT2D eigenvalue weighted by atomic mass is 10.3. The molecule has 0 aliphatic heterocycles. The van der Waals surface area contributed by atoms with Crippen molar-refractivity contribution in [1.29, 1.82) is 0 Å². The number of nitrogens with one attached hydrogen (secondary N) is 1. The van der Waals surface area contributed by atoms with Crippen molar-refractivity contribution in [2.75, 3.05) is 17.6 Å². The third-order valence-electron chi connectivity index (χ3n) is 2.98. The van der Waals surface area contributed by atoms with Crippen molar-refractivity contribution in [2.45, 2.75) is 19.3 Å². The van der Waals surface area contributed by atoms with E-state index in [0.29, 0.717) is 11.7 Å². The lowest BCUT2D eigenvalue weighted by molar-refractivity contribution is 0.608. The van der Waals surface area contributed by atoms with Gasteiger partial charge >= 0.3 is 0 Å². The fourth-order valence-corrected chi connectivity index (χ4v) is 1.84. The van der Waals surface area contributed by atoms with Crippen molar-refractivity contribution in [3.05, 3.63) is 18.2 Å². The van der Waals surface area contributed by atoms with Gasteiger partial charge in [-0.2, -0.15) is 4.98 Å². The Bertz CT molecular complexity index is 502. The molecule has 3 rings (SSSR count). The predicted octanol–water partition coefficient (Wildman–Crippen LogP) is 2.62. The molecule has 16 heavy (non-hydrogen) atoms. The zero-order valence-corrected chi connectivity index (χ0v) is 9.07. The average molecular weight is 217 g/mol. The lowest BCUT2D eigenvalue weighted by Crippen LogP contribution is -2.02. The molecule has 0 atom stereocenters. The summed E-state index contributed by atoms with van der Waals surface area (Å²) in [7, 11) is 0. The van der Waals surface area contributed by atoms with E-state index in [0.717, 1.165) is 23.6 Å². The molecule has 1 aliphatic rings. The maximum atomic E-state index is 5.81. The smallest absolute Gasteiger partial charge is 0.295 e. The van der Waals surface area contributed by atoms with Gasteiger partial charge in [0.15, 0.2) is 5.58 Å². The Balaban J connectivity index is 1.73. The minimum absolute atomic E-state index is 0.577. The van der Waals surface area contributed by atoms with Crippen molar-refractivity contribution < 1.29 is 4.42 Å². The van der Waals surface area contributed by atoms with E-state index >= 15 is 0 Å². The van der Waals surface area contributed by atoms with Crippen LogP contribution in [0.15, 0.2) is 22.6 Å². The summed E-state index contributed by atoms with van der Waals surface area (Å²) in [5, 5.41) is 3.20. The van der Waals surface area contributed by atoms with Gasteiger partial charge in [0.1, 0.15) is 5.52 Å². The summed E-state index contributed by atoms with van der Waals surface area (Å²) in [6.45, 7) is 0.928. The van der Waals surface area contributed by atoms with Crippen LogP contribution < -0.4 is 11.1 Å². The van der Waals surface area contributed by atoms with Crippen LogP contribution >= 0.6 is 0 Å². The molecule has 0 radical (unpaired) electrons. The molecule has 0 spiro atoms. The largest absolute Gasteiger partial charge is 0.423 e. The van der Waals surface area contributed by atoms with Gasteiger partial charge in [0.2, 0.25) is 0 Å². The molecule has 0 saturated heterocycles. The third kappa shape index (κ3) is 1.83. The summed E-state index contributed by atoms with van der Waals surface area (Å²) in [6.07, 6.45) is 3.96. The highest BCUT2D eigenvalue weighted by atomic mass is 16.4. The van der Waals surface area contributed by atoms with Crippen molar-refractivity contribution in [2.24, 2.45) is 5.92 Å². The van der Waals surface area contributed by atoms with Crippen LogP contribution in [0.5, 0.6) is 0 Å². The number of anilines is 2. The van der Waals surface area contributed by atoms with E-state index in [1.165, 1.54) is 19.3 Å². The number of nitrogens with two attached hydrogens (primary N) is 1. The first-order chi connectivity index (χ1) is 7.83. The quantitative estimate of drug-likeness (QED) is 0.773. The van der Waals surface area contributed by atoms with Crippen LogP contribution in [-0.2, 0) is 0 Å². The number of aromatic nitrogens is 1. The van der Waals surface area contributed by atoms with Gasteiger partial charge in [-0.15, -0.1) is 0 Å². The van der Waals surface area contributed by atoms with Crippen LogP contribution in [0.25, 0.3) is 11.1 Å². The maximum absolute atomic E-state index is 5.81. The van der Waals surface area contributed by atoms with Gasteiger partial charge < -0.3 is 15.5 Å². The number of hydrogen-bond donors (Lipinski definition) is 2. The summed E-state index contributed by atoms with van der Waals surface area (Å²) in [6, 6.07) is 6.16. The molecule has 1 saturated carbocycles. The minimum atomic E-state index is 0.577. The van der Waals surface area contributed by atoms with Crippen LogP contribution in [-0.4, -0.2) is 11.5 Å². The first-order valence-corrected chi connectivity index (χ1v) is 5.72. The zero-order chi connectivity index (χ0) is 11.0. The fraction of sp³-hybridized carbons (Fsp3) is 0.417. The Labute approximate surface area is 93.8 Å². The van der Waals surface area contributed by atoms with Gasteiger partial charge in [-0.05, 0) is 24.5 Å². The molecule has 0 unspecified atom stereocenters. The molecular formula is C12H15N3O. The Morgan fingerprint density at radius 1 is 1.44 bits per heavy atom. The highest BCUT2D eigenvalue weighted by Crippen LogP contribution is 2.32. The lowest BCUT2D eigenvalue weighted by Gasteiger charge is -1.98. The van der Waals surface area contributed by atoms with Crippen LogP contribution in [0.4, 0.5) is 11.7 Å². The molecule has 1 aliphatic carbocycles. The molecule has 1 aromatic carbocycles. The van der Waals surface area contributed by atoms with Crippen LogP contribution in [0.1, 0.15) is 19.3 Å². The maximum Gasteiger partial charge on any atom is 0.295 e. The van der Waals surface area contributed by atoms with E-state index in [9.17, 15) is 0 Å². The van der Waals surface area contributed by atoms with Gasteiger partial charge in [0.05, 0.1) is 5.69 Å². The second-order valence-corrected chi connectivity index (χ2v) is 4.37. The van der Waals surface area contributed by atoms with E-state index in [1.807, 2.05) is 18.2 Å². The van der Waals surface area contributed by atoms with Crippen molar-refractivity contribution in [3.63, 3.8) is 0 Å². The van der Waals surface area contributed by atoms with Gasteiger partial charge in [0.25, 0.3) is 6.01 Å². The second kappa shape index (κ2) is 3.70. The summed E-state index contributed by atoms with van der Waals surface area (Å²) in [5.41, 5.74) is 7.96. The Morgan fingerprint density at radius 3 is 3.06 bits per heavy atom. The molecular weight excluding hydrogens is 202 g/mol. The number of para-hydroxylation sites is 1. The number of benzene rings is 1. The van der Waals surface area contributed by atoms with E-state index < -0.39 is 0 Å². The van der Waals surface area contributed by atoms with E-state index in [2.05, 4.69) is 10.3 Å². The van der Waals surface area contributed by atoms with E-state index in [-0.39, 0.29) is 0 Å². The summed E-state index contributed by atoms with van der Waals surface area (Å²) < 4.78 is 5.55. The molecule has 0 amide bonds.